The van der Waals surface area contributed by atoms with Gasteiger partial charge in [-0.3, -0.25) is 4.98 Å². The van der Waals surface area contributed by atoms with Gasteiger partial charge in [-0.1, -0.05) is 0 Å². The molecule has 104 valence electrons. The zero-order chi connectivity index (χ0) is 14.7. The number of anilines is 3. The number of oxazole rings is 1. The Labute approximate surface area is 110 Å². The maximum atomic E-state index is 10.6. The Hall–Kier alpha value is -3.37. The molecular formula is C9H10N8O3. The Morgan fingerprint density at radius 1 is 1.10 bits per heavy atom. The molecule has 11 heteroatoms. The van der Waals surface area contributed by atoms with Crippen molar-refractivity contribution in [2.45, 2.75) is 0 Å². The summed E-state index contributed by atoms with van der Waals surface area (Å²) in [5.74, 6) is -0.536. The number of aromatic nitrogens is 5. The minimum absolute atomic E-state index is 0.00231. The fourth-order valence-electron chi connectivity index (χ4n) is 1.17. The molecule has 0 saturated carbocycles. The molecule has 0 radical (unpaired) electrons. The average molecular weight is 278 g/mol. The van der Waals surface area contributed by atoms with E-state index in [-0.39, 0.29) is 23.5 Å². The largest absolute Gasteiger partial charge is 0.503 e. The quantitative estimate of drug-likeness (QED) is 0.334. The van der Waals surface area contributed by atoms with E-state index in [1.54, 1.807) is 0 Å². The van der Waals surface area contributed by atoms with Gasteiger partial charge in [-0.25, -0.2) is 14.8 Å². The Morgan fingerprint density at radius 2 is 1.75 bits per heavy atom. The van der Waals surface area contributed by atoms with Gasteiger partial charge >= 0.3 is 5.76 Å². The molecule has 8 N–H and O–H groups in total. The molecular weight excluding hydrogens is 268 g/mol. The van der Waals surface area contributed by atoms with Gasteiger partial charge in [-0.15, -0.1) is 0 Å². The number of fused-ring (bicyclic) bond motifs is 1. The van der Waals surface area contributed by atoms with Crippen molar-refractivity contribution in [3.8, 4) is 5.75 Å². The molecule has 3 rings (SSSR count). The van der Waals surface area contributed by atoms with Crippen LogP contribution in [0.15, 0.2) is 21.6 Å². The highest BCUT2D eigenvalue weighted by Crippen LogP contribution is 2.13. The van der Waals surface area contributed by atoms with Crippen LogP contribution in [0.4, 0.5) is 17.7 Å². The van der Waals surface area contributed by atoms with E-state index in [0.29, 0.717) is 11.2 Å². The number of nitrogens with one attached hydrogen (secondary N) is 1. The minimum atomic E-state index is -0.556. The second kappa shape index (κ2) is 5.09. The molecule has 0 aliphatic rings. The molecule has 3 heterocycles. The number of nitrogen functional groups attached to an aromatic ring is 3. The normalized spacial score (nSPS) is 10.0. The van der Waals surface area contributed by atoms with Crippen LogP contribution in [0.1, 0.15) is 0 Å². The summed E-state index contributed by atoms with van der Waals surface area (Å²) in [6.45, 7) is 0. The van der Waals surface area contributed by atoms with Gasteiger partial charge in [0, 0.05) is 0 Å². The van der Waals surface area contributed by atoms with E-state index in [2.05, 4.69) is 29.3 Å². The first kappa shape index (κ1) is 13.1. The second-order valence-corrected chi connectivity index (χ2v) is 3.45. The van der Waals surface area contributed by atoms with Crippen LogP contribution in [0, 0.1) is 0 Å². The van der Waals surface area contributed by atoms with Gasteiger partial charge in [-0.2, -0.15) is 9.97 Å². The molecule has 0 fully saturated rings. The van der Waals surface area contributed by atoms with E-state index in [1.807, 2.05) is 0 Å². The van der Waals surface area contributed by atoms with Crippen LogP contribution in [0.3, 0.4) is 0 Å². The minimum Gasteiger partial charge on any atom is -0.503 e. The van der Waals surface area contributed by atoms with Gasteiger partial charge in [0.15, 0.2) is 22.8 Å². The van der Waals surface area contributed by atoms with Gasteiger partial charge < -0.3 is 26.7 Å². The number of nitrogens with zero attached hydrogens (tertiary/aromatic N) is 4. The van der Waals surface area contributed by atoms with Gasteiger partial charge in [0.2, 0.25) is 11.9 Å². The zero-order valence-corrected chi connectivity index (χ0v) is 9.94. The van der Waals surface area contributed by atoms with Crippen molar-refractivity contribution in [2.75, 3.05) is 17.2 Å². The molecule has 0 spiro atoms. The summed E-state index contributed by atoms with van der Waals surface area (Å²) in [7, 11) is 0. The average Bonchev–Trinajstić information content (AvgIpc) is 2.74. The van der Waals surface area contributed by atoms with Crippen molar-refractivity contribution in [2.24, 2.45) is 0 Å². The summed E-state index contributed by atoms with van der Waals surface area (Å²) < 4.78 is 4.63. The molecule has 20 heavy (non-hydrogen) atoms. The van der Waals surface area contributed by atoms with Gasteiger partial charge in [0.25, 0.3) is 0 Å². The Balaban J connectivity index is 0.000000151. The predicted octanol–water partition coefficient (Wildman–Crippen LogP) is -1.16. The maximum Gasteiger partial charge on any atom is 0.418 e. The number of aromatic hydroxyl groups is 1. The lowest BCUT2D eigenvalue weighted by atomic mass is 10.5. The van der Waals surface area contributed by atoms with Crippen molar-refractivity contribution in [3.05, 3.63) is 22.9 Å². The van der Waals surface area contributed by atoms with Crippen molar-refractivity contribution < 1.29 is 9.52 Å². The molecule has 0 unspecified atom stereocenters. The number of rotatable bonds is 0. The van der Waals surface area contributed by atoms with E-state index >= 15 is 0 Å². The zero-order valence-electron chi connectivity index (χ0n) is 9.94. The van der Waals surface area contributed by atoms with Crippen molar-refractivity contribution >= 4 is 28.9 Å². The van der Waals surface area contributed by atoms with Gasteiger partial charge in [-0.05, 0) is 0 Å². The van der Waals surface area contributed by atoms with E-state index in [1.165, 1.54) is 6.20 Å². The number of nitrogens with two attached hydrogens (primary N) is 3. The van der Waals surface area contributed by atoms with E-state index in [9.17, 15) is 4.79 Å². The molecule has 0 aliphatic carbocycles. The van der Waals surface area contributed by atoms with Crippen LogP contribution in [0.5, 0.6) is 5.75 Å². The monoisotopic (exact) mass is 278 g/mol. The first-order valence-electron chi connectivity index (χ1n) is 5.14. The second-order valence-electron chi connectivity index (χ2n) is 3.45. The molecule has 0 amide bonds. The number of hydrogen-bond acceptors (Lipinski definition) is 10. The Kier molecular flexibility index (Phi) is 3.33. The third-order valence-corrected chi connectivity index (χ3v) is 2.01. The summed E-state index contributed by atoms with van der Waals surface area (Å²) >= 11 is 0. The van der Waals surface area contributed by atoms with Gasteiger partial charge in [0.05, 0.1) is 12.4 Å². The van der Waals surface area contributed by atoms with Gasteiger partial charge in [0.1, 0.15) is 0 Å². The van der Waals surface area contributed by atoms with Crippen LogP contribution >= 0.6 is 0 Å². The maximum absolute atomic E-state index is 10.6. The summed E-state index contributed by atoms with van der Waals surface area (Å²) in [4.78, 5) is 27.2. The third-order valence-electron chi connectivity index (χ3n) is 2.01. The smallest absolute Gasteiger partial charge is 0.418 e. The van der Waals surface area contributed by atoms with E-state index in [4.69, 9.17) is 22.3 Å². The first-order valence-corrected chi connectivity index (χ1v) is 5.14. The fraction of sp³-hybridized carbons (Fsp3) is 0. The van der Waals surface area contributed by atoms with Crippen molar-refractivity contribution in [3.63, 3.8) is 0 Å². The van der Waals surface area contributed by atoms with Crippen molar-refractivity contribution in [1.82, 2.24) is 24.9 Å². The lowest BCUT2D eigenvalue weighted by Gasteiger charge is -1.94. The number of aromatic amines is 1. The Bertz CT molecular complexity index is 795. The summed E-state index contributed by atoms with van der Waals surface area (Å²) in [5, 5.41) is 8.74. The standard InChI is InChI=1S/C5H4N4O2.C4H6N4O/c6-4-7-1-2-3(8-4)9-5(10)11-2;5-3-2(9)1-7-4(6)8-3/h1H,(H3,6,7,8,9,10);1,9H,(H4,5,6,7,8). The molecule has 0 aromatic carbocycles. The summed E-state index contributed by atoms with van der Waals surface area (Å²) in [5.41, 5.74) is 16.1. The topological polar surface area (TPSA) is 196 Å². The van der Waals surface area contributed by atoms with Crippen LogP contribution in [0.2, 0.25) is 0 Å². The molecule has 0 saturated heterocycles. The van der Waals surface area contributed by atoms with Crippen molar-refractivity contribution in [1.29, 1.82) is 0 Å². The molecule has 11 nitrogen and oxygen atoms in total. The van der Waals surface area contributed by atoms with Crippen LogP contribution in [-0.2, 0) is 0 Å². The third kappa shape index (κ3) is 2.90. The highest BCUT2D eigenvalue weighted by Gasteiger charge is 2.01. The number of hydrogen-bond donors (Lipinski definition) is 5. The molecule has 0 aliphatic heterocycles. The molecule has 3 aromatic rings. The Morgan fingerprint density at radius 3 is 2.40 bits per heavy atom. The van der Waals surface area contributed by atoms with Crippen LogP contribution in [0.25, 0.3) is 11.2 Å². The van der Waals surface area contributed by atoms with E-state index < -0.39 is 5.76 Å². The lowest BCUT2D eigenvalue weighted by Crippen LogP contribution is -1.98. The highest BCUT2D eigenvalue weighted by molar-refractivity contribution is 5.66. The predicted molar refractivity (Wildman–Crippen MR) is 69.4 cm³/mol. The molecule has 0 atom stereocenters. The molecule has 3 aromatic heterocycles. The summed E-state index contributed by atoms with van der Waals surface area (Å²) in [6, 6.07) is 0. The van der Waals surface area contributed by atoms with Crippen LogP contribution in [-0.4, -0.2) is 30.0 Å². The lowest BCUT2D eigenvalue weighted by molar-refractivity contribution is 0.473. The number of H-pyrrole nitrogens is 1. The highest BCUT2D eigenvalue weighted by atomic mass is 16.4. The molecule has 0 bridgehead atoms. The van der Waals surface area contributed by atoms with Crippen LogP contribution < -0.4 is 23.0 Å². The first-order chi connectivity index (χ1) is 9.45. The fourth-order valence-corrected chi connectivity index (χ4v) is 1.17. The van der Waals surface area contributed by atoms with E-state index in [0.717, 1.165) is 6.20 Å². The SMILES string of the molecule is Nc1ncc(O)c(N)n1.Nc1ncc2oc(=O)[nH]c2n1. The summed E-state index contributed by atoms with van der Waals surface area (Å²) in [6.07, 6.45) is 2.49.